The van der Waals surface area contributed by atoms with E-state index in [1.54, 1.807) is 0 Å². The Hall–Kier alpha value is -2.60. The van der Waals surface area contributed by atoms with Crippen molar-refractivity contribution in [2.75, 3.05) is 19.8 Å². The van der Waals surface area contributed by atoms with Crippen molar-refractivity contribution in [3.8, 4) is 0 Å². The highest BCUT2D eigenvalue weighted by Gasteiger charge is 2.44. The van der Waals surface area contributed by atoms with Gasteiger partial charge in [0.25, 0.3) is 0 Å². The second-order valence-electron chi connectivity index (χ2n) is 14.4. The van der Waals surface area contributed by atoms with Gasteiger partial charge in [-0.05, 0) is 51.4 Å². The molecule has 0 aromatic heterocycles. The van der Waals surface area contributed by atoms with Gasteiger partial charge in [0.05, 0.1) is 13.2 Å². The van der Waals surface area contributed by atoms with Crippen LogP contribution in [0.15, 0.2) is 60.8 Å². The lowest BCUT2D eigenvalue weighted by molar-refractivity contribution is -0.305. The zero-order valence-electron chi connectivity index (χ0n) is 34.2. The van der Waals surface area contributed by atoms with E-state index in [4.69, 9.17) is 18.9 Å². The Morgan fingerprint density at radius 2 is 1.07 bits per heavy atom. The Morgan fingerprint density at radius 3 is 1.60 bits per heavy atom. The molecule has 0 aliphatic carbocycles. The van der Waals surface area contributed by atoms with Crippen LogP contribution in [0.4, 0.5) is 0 Å². The molecule has 316 valence electrons. The average molecular weight is 777 g/mol. The molecular formula is C45H76O10. The van der Waals surface area contributed by atoms with Crippen molar-refractivity contribution in [1.29, 1.82) is 0 Å². The van der Waals surface area contributed by atoms with Crippen molar-refractivity contribution in [3.05, 3.63) is 60.8 Å². The summed E-state index contributed by atoms with van der Waals surface area (Å²) < 4.78 is 22.1. The summed E-state index contributed by atoms with van der Waals surface area (Å²) in [5.74, 6) is -0.877. The van der Waals surface area contributed by atoms with Gasteiger partial charge in [-0.2, -0.15) is 0 Å². The number of esters is 2. The number of carbonyl (C=O) groups is 2. The minimum Gasteiger partial charge on any atom is -0.462 e. The van der Waals surface area contributed by atoms with E-state index in [2.05, 4.69) is 68.5 Å². The molecule has 0 amide bonds. The first-order valence-corrected chi connectivity index (χ1v) is 21.4. The minimum atomic E-state index is -1.60. The van der Waals surface area contributed by atoms with Crippen LogP contribution >= 0.6 is 0 Å². The van der Waals surface area contributed by atoms with Gasteiger partial charge >= 0.3 is 11.9 Å². The van der Waals surface area contributed by atoms with E-state index in [0.29, 0.717) is 12.8 Å². The molecule has 0 saturated carbocycles. The van der Waals surface area contributed by atoms with Crippen LogP contribution in [0, 0.1) is 0 Å². The Balaban J connectivity index is 2.40. The van der Waals surface area contributed by atoms with Gasteiger partial charge in [-0.25, -0.2) is 0 Å². The van der Waals surface area contributed by atoms with Crippen LogP contribution in [-0.4, -0.2) is 89.0 Å². The molecule has 1 aliphatic heterocycles. The minimum absolute atomic E-state index is 0.196. The molecule has 6 atom stereocenters. The Kier molecular flexibility index (Phi) is 32.8. The van der Waals surface area contributed by atoms with Gasteiger partial charge in [-0.15, -0.1) is 0 Å². The average Bonchev–Trinajstić information content (AvgIpc) is 3.18. The van der Waals surface area contributed by atoms with Crippen molar-refractivity contribution >= 4 is 11.9 Å². The standard InChI is InChI=1S/C45H76O10/c1-3-5-7-9-11-13-15-17-18-19-20-22-23-25-27-29-31-33-40(47)52-36-38(37-53-45-44(51)43(50)42(49)39(35-46)55-45)54-41(48)34-32-30-28-26-24-21-16-14-12-10-8-6-4-2/h5,7,11,13,17-18,20,22,25,27,38-39,42-46,49-51H,3-4,6,8-10,12,14-16,19,21,23-24,26,28-37H2,1-2H3/b7-5-,13-11-,18-17-,22-20-,27-25-/t38-,39-,42+,43+,44-,45-/m1/s1. The summed E-state index contributed by atoms with van der Waals surface area (Å²) >= 11 is 0. The number of rotatable bonds is 34. The molecule has 0 unspecified atom stereocenters. The lowest BCUT2D eigenvalue weighted by Crippen LogP contribution is -2.59. The maximum atomic E-state index is 12.7. The third kappa shape index (κ3) is 27.6. The fraction of sp³-hybridized carbons (Fsp3) is 0.733. The molecule has 0 aromatic rings. The highest BCUT2D eigenvalue weighted by Crippen LogP contribution is 2.22. The number of carbonyl (C=O) groups excluding carboxylic acids is 2. The van der Waals surface area contributed by atoms with Gasteiger partial charge in [-0.1, -0.05) is 152 Å². The van der Waals surface area contributed by atoms with E-state index in [-0.39, 0.29) is 26.1 Å². The first-order chi connectivity index (χ1) is 26.8. The Bertz CT molecular complexity index is 1080. The van der Waals surface area contributed by atoms with Crippen LogP contribution in [0.1, 0.15) is 155 Å². The highest BCUT2D eigenvalue weighted by atomic mass is 16.7. The van der Waals surface area contributed by atoms with E-state index in [0.717, 1.165) is 57.8 Å². The molecule has 1 rings (SSSR count). The predicted molar refractivity (Wildman–Crippen MR) is 219 cm³/mol. The third-order valence-electron chi connectivity index (χ3n) is 9.42. The smallest absolute Gasteiger partial charge is 0.306 e. The molecule has 0 bridgehead atoms. The SMILES string of the molecule is CC/C=C\C/C=C\C/C=C\C/C=C\C/C=C\CCCC(=O)OC[C@H](CO[C@@H]1O[C@H](CO)[C@H](O)[C@H](O)[C@H]1O)OC(=O)CCCCCCCCCCCCCCC. The van der Waals surface area contributed by atoms with Crippen LogP contribution < -0.4 is 0 Å². The van der Waals surface area contributed by atoms with Crippen LogP contribution in [0.2, 0.25) is 0 Å². The largest absolute Gasteiger partial charge is 0.462 e. The van der Waals surface area contributed by atoms with Crippen LogP contribution in [0.25, 0.3) is 0 Å². The molecular weight excluding hydrogens is 700 g/mol. The molecule has 1 heterocycles. The van der Waals surface area contributed by atoms with E-state index >= 15 is 0 Å². The maximum absolute atomic E-state index is 12.7. The van der Waals surface area contributed by atoms with Crippen molar-refractivity contribution in [3.63, 3.8) is 0 Å². The molecule has 55 heavy (non-hydrogen) atoms. The number of hydrogen-bond acceptors (Lipinski definition) is 10. The second-order valence-corrected chi connectivity index (χ2v) is 14.4. The maximum Gasteiger partial charge on any atom is 0.306 e. The summed E-state index contributed by atoms with van der Waals surface area (Å²) in [6.07, 6.45) is 35.2. The number of hydrogen-bond donors (Lipinski definition) is 4. The van der Waals surface area contributed by atoms with Gasteiger partial charge < -0.3 is 39.4 Å². The quantitative estimate of drug-likeness (QED) is 0.0284. The summed E-state index contributed by atoms with van der Waals surface area (Å²) in [5.41, 5.74) is 0. The Labute approximate surface area is 332 Å². The van der Waals surface area contributed by atoms with Crippen LogP contribution in [-0.2, 0) is 28.5 Å². The van der Waals surface area contributed by atoms with Gasteiger partial charge in [-0.3, -0.25) is 9.59 Å². The first-order valence-electron chi connectivity index (χ1n) is 21.4. The summed E-state index contributed by atoms with van der Waals surface area (Å²) in [6, 6.07) is 0. The first kappa shape index (κ1) is 50.4. The van der Waals surface area contributed by atoms with Gasteiger partial charge in [0.2, 0.25) is 0 Å². The van der Waals surface area contributed by atoms with Crippen molar-refractivity contribution in [2.24, 2.45) is 0 Å². The normalized spacial score (nSPS) is 21.2. The number of unbranched alkanes of at least 4 members (excludes halogenated alkanes) is 13. The molecule has 10 heteroatoms. The van der Waals surface area contributed by atoms with E-state index < -0.39 is 55.4 Å². The lowest BCUT2D eigenvalue weighted by atomic mass is 9.99. The Morgan fingerprint density at radius 1 is 0.582 bits per heavy atom. The number of allylic oxidation sites excluding steroid dienone is 10. The molecule has 0 radical (unpaired) electrons. The molecule has 4 N–H and O–H groups in total. The molecule has 1 fully saturated rings. The van der Waals surface area contributed by atoms with Gasteiger partial charge in [0.1, 0.15) is 31.0 Å². The van der Waals surface area contributed by atoms with Crippen molar-refractivity contribution in [2.45, 2.75) is 192 Å². The fourth-order valence-electron chi connectivity index (χ4n) is 6.05. The van der Waals surface area contributed by atoms with E-state index in [9.17, 15) is 30.0 Å². The van der Waals surface area contributed by atoms with E-state index in [1.807, 2.05) is 6.08 Å². The highest BCUT2D eigenvalue weighted by molar-refractivity contribution is 5.70. The monoisotopic (exact) mass is 777 g/mol. The zero-order valence-corrected chi connectivity index (χ0v) is 34.2. The molecule has 1 aliphatic rings. The van der Waals surface area contributed by atoms with Gasteiger partial charge in [0, 0.05) is 12.8 Å². The summed E-state index contributed by atoms with van der Waals surface area (Å²) in [6.45, 7) is 3.24. The molecule has 1 saturated heterocycles. The van der Waals surface area contributed by atoms with Gasteiger partial charge in [0.15, 0.2) is 12.4 Å². The second kappa shape index (κ2) is 35.8. The topological polar surface area (TPSA) is 152 Å². The summed E-state index contributed by atoms with van der Waals surface area (Å²) in [5, 5.41) is 40.0. The molecule has 0 aromatic carbocycles. The third-order valence-corrected chi connectivity index (χ3v) is 9.42. The van der Waals surface area contributed by atoms with Crippen LogP contribution in [0.5, 0.6) is 0 Å². The number of ether oxygens (including phenoxy) is 4. The van der Waals surface area contributed by atoms with E-state index in [1.165, 1.54) is 57.8 Å². The van der Waals surface area contributed by atoms with Crippen LogP contribution in [0.3, 0.4) is 0 Å². The van der Waals surface area contributed by atoms with Crippen molar-refractivity contribution < 1.29 is 49.0 Å². The summed E-state index contributed by atoms with van der Waals surface area (Å²) in [7, 11) is 0. The fourth-order valence-corrected chi connectivity index (χ4v) is 6.05. The summed E-state index contributed by atoms with van der Waals surface area (Å²) in [4.78, 5) is 25.2. The molecule has 10 nitrogen and oxygen atoms in total. The molecule has 0 spiro atoms. The lowest BCUT2D eigenvalue weighted by Gasteiger charge is -2.39. The zero-order chi connectivity index (χ0) is 40.2. The predicted octanol–water partition coefficient (Wildman–Crippen LogP) is 8.66. The number of aliphatic hydroxyl groups is 4. The number of aliphatic hydroxyl groups excluding tert-OH is 4. The van der Waals surface area contributed by atoms with Crippen molar-refractivity contribution in [1.82, 2.24) is 0 Å².